The van der Waals surface area contributed by atoms with Crippen LogP contribution < -0.4 is 0 Å². The summed E-state index contributed by atoms with van der Waals surface area (Å²) < 4.78 is 12.2. The number of hydrogen-bond acceptors (Lipinski definition) is 6. The van der Waals surface area contributed by atoms with Crippen LogP contribution in [0.3, 0.4) is 0 Å². The Morgan fingerprint density at radius 2 is 1.83 bits per heavy atom. The smallest absolute Gasteiger partial charge is 0.313 e. The molecule has 1 unspecified atom stereocenters. The number of ether oxygens (including phenoxy) is 2. The fraction of sp³-hybridized carbons (Fsp3) is 0.519. The molecule has 2 amide bonds. The molecule has 1 aromatic carbocycles. The monoisotopic (exact) mass is 480 g/mol. The lowest BCUT2D eigenvalue weighted by atomic mass is 9.74. The van der Waals surface area contributed by atoms with E-state index in [1.807, 2.05) is 54.6 Å². The van der Waals surface area contributed by atoms with Crippen LogP contribution in [0.15, 0.2) is 54.6 Å². The number of nitrogens with zero attached hydrogens (tertiary/aromatic N) is 2. The van der Waals surface area contributed by atoms with Crippen LogP contribution in [-0.2, 0) is 30.4 Å². The highest BCUT2D eigenvalue weighted by atomic mass is 16.6. The van der Waals surface area contributed by atoms with Crippen molar-refractivity contribution in [1.82, 2.24) is 9.80 Å². The number of cyclic esters (lactones) is 1. The average molecular weight is 481 g/mol. The van der Waals surface area contributed by atoms with E-state index in [2.05, 4.69) is 0 Å². The number of carbonyl (C=O) groups is 3. The maximum atomic E-state index is 14.1. The Morgan fingerprint density at radius 3 is 2.60 bits per heavy atom. The molecular formula is C27H32N2O6. The maximum Gasteiger partial charge on any atom is 0.313 e. The van der Waals surface area contributed by atoms with E-state index in [4.69, 9.17) is 9.47 Å². The summed E-state index contributed by atoms with van der Waals surface area (Å²) in [4.78, 5) is 44.6. The van der Waals surface area contributed by atoms with Crippen LogP contribution in [0.2, 0.25) is 0 Å². The number of aliphatic hydroxyl groups excluding tert-OH is 1. The Hall–Kier alpha value is -2.97. The van der Waals surface area contributed by atoms with E-state index < -0.39 is 35.0 Å². The molecule has 0 aliphatic carbocycles. The van der Waals surface area contributed by atoms with E-state index in [1.165, 1.54) is 0 Å². The number of fused-ring (bicyclic) bond motifs is 2. The van der Waals surface area contributed by atoms with E-state index in [1.54, 1.807) is 16.7 Å². The Kier molecular flexibility index (Phi) is 6.27. The molecule has 8 heteroatoms. The first kappa shape index (κ1) is 23.8. The molecule has 8 nitrogen and oxygen atoms in total. The van der Waals surface area contributed by atoms with Crippen molar-refractivity contribution < 1.29 is 29.0 Å². The molecule has 0 radical (unpaired) electrons. The van der Waals surface area contributed by atoms with Gasteiger partial charge in [0.25, 0.3) is 0 Å². The maximum absolute atomic E-state index is 14.1. The Balaban J connectivity index is 1.57. The molecule has 2 saturated heterocycles. The lowest BCUT2D eigenvalue weighted by molar-refractivity contribution is -0.160. The molecule has 2 fully saturated rings. The van der Waals surface area contributed by atoms with Gasteiger partial charge < -0.3 is 24.4 Å². The number of esters is 1. The molecule has 35 heavy (non-hydrogen) atoms. The van der Waals surface area contributed by atoms with Crippen molar-refractivity contribution in [1.29, 1.82) is 0 Å². The highest BCUT2D eigenvalue weighted by Gasteiger charge is 2.74. The van der Waals surface area contributed by atoms with E-state index in [0.29, 0.717) is 38.9 Å². The predicted octanol–water partition coefficient (Wildman–Crippen LogP) is 1.83. The van der Waals surface area contributed by atoms with Crippen molar-refractivity contribution in [3.8, 4) is 0 Å². The van der Waals surface area contributed by atoms with Gasteiger partial charge in [-0.05, 0) is 31.7 Å². The third-order valence-electron chi connectivity index (χ3n) is 7.63. The summed E-state index contributed by atoms with van der Waals surface area (Å²) in [7, 11) is 0. The number of rotatable bonds is 6. The molecular weight excluding hydrogens is 448 g/mol. The van der Waals surface area contributed by atoms with Gasteiger partial charge in [0.15, 0.2) is 0 Å². The second-order valence-electron chi connectivity index (χ2n) is 9.92. The van der Waals surface area contributed by atoms with Gasteiger partial charge in [0.2, 0.25) is 11.8 Å². The van der Waals surface area contributed by atoms with Gasteiger partial charge in [-0.3, -0.25) is 14.4 Å². The van der Waals surface area contributed by atoms with E-state index in [9.17, 15) is 19.5 Å². The topological polar surface area (TPSA) is 96.4 Å². The summed E-state index contributed by atoms with van der Waals surface area (Å²) in [5.41, 5.74) is -1.34. The molecule has 4 heterocycles. The molecule has 1 N–H and O–H groups in total. The Labute approximate surface area is 205 Å². The number of aliphatic hydroxyl groups is 1. The molecule has 4 aliphatic rings. The minimum absolute atomic E-state index is 0.00354. The molecule has 0 saturated carbocycles. The molecule has 5 atom stereocenters. The van der Waals surface area contributed by atoms with Crippen molar-refractivity contribution in [3.63, 3.8) is 0 Å². The first-order chi connectivity index (χ1) is 16.9. The fourth-order valence-corrected chi connectivity index (χ4v) is 6.11. The number of carbonyl (C=O) groups excluding carboxylic acids is 3. The largest absolute Gasteiger partial charge is 0.465 e. The summed E-state index contributed by atoms with van der Waals surface area (Å²) in [5, 5.41) is 9.30. The molecule has 5 rings (SSSR count). The average Bonchev–Trinajstić information content (AvgIpc) is 3.16. The minimum Gasteiger partial charge on any atom is -0.465 e. The summed E-state index contributed by atoms with van der Waals surface area (Å²) in [5.74, 6) is -2.65. The van der Waals surface area contributed by atoms with E-state index in [-0.39, 0.29) is 25.0 Å². The van der Waals surface area contributed by atoms with Crippen LogP contribution in [0.1, 0.15) is 31.7 Å². The van der Waals surface area contributed by atoms with Gasteiger partial charge in [-0.15, -0.1) is 0 Å². The summed E-state index contributed by atoms with van der Waals surface area (Å²) in [6.45, 7) is 3.14. The molecule has 186 valence electrons. The zero-order chi connectivity index (χ0) is 24.6. The number of amides is 2. The molecule has 1 aromatic rings. The van der Waals surface area contributed by atoms with E-state index >= 15 is 0 Å². The quantitative estimate of drug-likeness (QED) is 0.379. The fourth-order valence-electron chi connectivity index (χ4n) is 6.11. The van der Waals surface area contributed by atoms with Crippen molar-refractivity contribution in [3.05, 3.63) is 60.2 Å². The first-order valence-electron chi connectivity index (χ1n) is 12.4. The van der Waals surface area contributed by atoms with Crippen LogP contribution >= 0.6 is 0 Å². The SMILES string of the molecule is C[C@]12C=CCCOC(=O)[C@H]1[C@H]1C(=O)N(CCCCO)C3C(=O)N(Cc4ccccc4)CC=C[C@@]31O2. The lowest BCUT2D eigenvalue weighted by Crippen LogP contribution is -2.55. The molecule has 1 spiro atoms. The summed E-state index contributed by atoms with van der Waals surface area (Å²) >= 11 is 0. The van der Waals surface area contributed by atoms with Crippen LogP contribution in [-0.4, -0.2) is 76.2 Å². The van der Waals surface area contributed by atoms with Gasteiger partial charge in [0, 0.05) is 26.2 Å². The van der Waals surface area contributed by atoms with Gasteiger partial charge in [-0.25, -0.2) is 0 Å². The van der Waals surface area contributed by atoms with Crippen molar-refractivity contribution in [2.45, 2.75) is 50.0 Å². The van der Waals surface area contributed by atoms with Gasteiger partial charge in [0.1, 0.15) is 17.6 Å². The van der Waals surface area contributed by atoms with E-state index in [0.717, 1.165) is 5.56 Å². The van der Waals surface area contributed by atoms with Gasteiger partial charge in [-0.1, -0.05) is 54.6 Å². The molecule has 0 aromatic heterocycles. The summed E-state index contributed by atoms with van der Waals surface area (Å²) in [6, 6.07) is 8.83. The zero-order valence-corrected chi connectivity index (χ0v) is 20.0. The van der Waals surface area contributed by atoms with Crippen LogP contribution in [0, 0.1) is 11.8 Å². The normalized spacial score (nSPS) is 34.1. The Bertz CT molecular complexity index is 1060. The first-order valence-corrected chi connectivity index (χ1v) is 12.4. The Morgan fingerprint density at radius 1 is 1.03 bits per heavy atom. The van der Waals surface area contributed by atoms with Gasteiger partial charge in [-0.2, -0.15) is 0 Å². The lowest BCUT2D eigenvalue weighted by Gasteiger charge is -2.37. The number of unbranched alkanes of at least 4 members (excludes halogenated alkanes) is 1. The van der Waals surface area contributed by atoms with Crippen LogP contribution in [0.4, 0.5) is 0 Å². The number of benzene rings is 1. The van der Waals surface area contributed by atoms with Crippen molar-refractivity contribution in [2.75, 3.05) is 26.3 Å². The standard InChI is InChI=1S/C27H32N2O6/c1-26-12-5-8-17-34-25(33)21(26)20-23(31)29(15-6-7-16-30)22-24(32)28(14-9-13-27(20,22)35-26)18-19-10-3-2-4-11-19/h2-5,9-13,20-22,30H,6-8,14-18H2,1H3/t20-,21+,22?,26-,27-/m0/s1. The number of likely N-dealkylation sites (tertiary alicyclic amines) is 1. The third-order valence-corrected chi connectivity index (χ3v) is 7.63. The van der Waals surface area contributed by atoms with Gasteiger partial charge in [0.05, 0.1) is 18.1 Å². The van der Waals surface area contributed by atoms with Crippen LogP contribution in [0.25, 0.3) is 0 Å². The second-order valence-corrected chi connectivity index (χ2v) is 9.92. The number of hydrogen-bond donors (Lipinski definition) is 1. The second kappa shape index (κ2) is 9.24. The highest BCUT2D eigenvalue weighted by Crippen LogP contribution is 2.57. The van der Waals surface area contributed by atoms with Gasteiger partial charge >= 0.3 is 5.97 Å². The third kappa shape index (κ3) is 3.89. The predicted molar refractivity (Wildman–Crippen MR) is 127 cm³/mol. The van der Waals surface area contributed by atoms with Crippen molar-refractivity contribution >= 4 is 17.8 Å². The molecule has 4 aliphatic heterocycles. The minimum atomic E-state index is -1.27. The zero-order valence-electron chi connectivity index (χ0n) is 20.0. The van der Waals surface area contributed by atoms with Crippen LogP contribution in [0.5, 0.6) is 0 Å². The molecule has 0 bridgehead atoms. The summed E-state index contributed by atoms with van der Waals surface area (Å²) in [6.07, 6.45) is 9.12. The van der Waals surface area contributed by atoms with Crippen molar-refractivity contribution in [2.24, 2.45) is 11.8 Å². The highest BCUT2D eigenvalue weighted by molar-refractivity contribution is 5.99.